The van der Waals surface area contributed by atoms with E-state index in [1.807, 2.05) is 6.92 Å². The Labute approximate surface area is 273 Å². The number of rotatable bonds is 20. The molecule has 0 aliphatic carbocycles. The summed E-state index contributed by atoms with van der Waals surface area (Å²) in [6.45, 7) is 5.53. The topological polar surface area (TPSA) is 229 Å². The van der Waals surface area contributed by atoms with Crippen LogP contribution in [0.2, 0.25) is 0 Å². The summed E-state index contributed by atoms with van der Waals surface area (Å²) in [4.78, 5) is 106. The fourth-order valence-corrected chi connectivity index (χ4v) is 4.00. The molecule has 2 heterocycles. The molecule has 0 fully saturated rings. The zero-order valence-electron chi connectivity index (χ0n) is 27.1. The minimum atomic E-state index is -0.453. The number of imide groups is 2. The summed E-state index contributed by atoms with van der Waals surface area (Å²) in [5.41, 5.74) is 0. The molecule has 260 valence electrons. The van der Waals surface area contributed by atoms with Gasteiger partial charge in [-0.2, -0.15) is 0 Å². The average Bonchev–Trinajstić information content (AvgIpc) is 3.53. The third kappa shape index (κ3) is 17.4. The Morgan fingerprint density at radius 1 is 0.617 bits per heavy atom. The van der Waals surface area contributed by atoms with Crippen molar-refractivity contribution < 1.29 is 47.9 Å². The molecular weight excluding hydrogens is 618 g/mol. The van der Waals surface area contributed by atoms with E-state index in [0.717, 1.165) is 34.1 Å². The van der Waals surface area contributed by atoms with Gasteiger partial charge < -0.3 is 31.3 Å². The smallest absolute Gasteiger partial charge is 0.253 e. The Hall–Kier alpha value is -4.93. The number of amides is 9. The Kier molecular flexibility index (Phi) is 19.2. The van der Waals surface area contributed by atoms with Gasteiger partial charge in [0.2, 0.25) is 29.5 Å². The lowest BCUT2D eigenvalue weighted by molar-refractivity contribution is -0.139. The van der Waals surface area contributed by atoms with Crippen LogP contribution in [0.25, 0.3) is 0 Å². The van der Waals surface area contributed by atoms with Crippen molar-refractivity contribution in [1.29, 1.82) is 0 Å². The van der Waals surface area contributed by atoms with Crippen molar-refractivity contribution in [2.45, 2.75) is 46.0 Å². The molecule has 17 heteroatoms. The minimum Gasteiger partial charge on any atom is -0.381 e. The van der Waals surface area contributed by atoms with E-state index >= 15 is 0 Å². The van der Waals surface area contributed by atoms with Gasteiger partial charge in [0, 0.05) is 109 Å². The molecule has 17 nitrogen and oxygen atoms in total. The fraction of sp³-hybridized carbons (Fsp3) is 0.567. The highest BCUT2D eigenvalue weighted by Crippen LogP contribution is 2.07. The van der Waals surface area contributed by atoms with Gasteiger partial charge in [-0.3, -0.25) is 53.0 Å². The molecule has 0 unspecified atom stereocenters. The Morgan fingerprint density at radius 3 is 1.32 bits per heavy atom. The molecule has 9 amide bonds. The molecule has 0 saturated carbocycles. The standard InChI is InChI=1S/C24H32N6O8.C6H13NO2/c1-16(14-19(33)27-10-8-25-17(31)6-12-29-21(35)2-3-22(29)36)15-20(34)28-11-9-26-18(32)7-13-30-23(37)4-5-24(30)38;1-3-9-5-4-6(8)7-2/h2-5,16H,6-15H2,1H3,(H,25,31)(H,26,32)(H,27,33)(H,28,34);3-5H2,1-2H3,(H,7,8). The van der Waals surface area contributed by atoms with Gasteiger partial charge >= 0.3 is 0 Å². The number of nitrogens with one attached hydrogen (secondary N) is 5. The molecule has 47 heavy (non-hydrogen) atoms. The molecule has 0 atom stereocenters. The van der Waals surface area contributed by atoms with Crippen LogP contribution in [0.1, 0.15) is 46.0 Å². The lowest BCUT2D eigenvalue weighted by Gasteiger charge is -2.14. The molecule has 0 spiro atoms. The normalized spacial score (nSPS) is 13.4. The Morgan fingerprint density at radius 2 is 0.979 bits per heavy atom. The Balaban J connectivity index is 0.00000107. The van der Waals surface area contributed by atoms with Crippen molar-refractivity contribution in [1.82, 2.24) is 36.4 Å². The van der Waals surface area contributed by atoms with E-state index in [9.17, 15) is 43.2 Å². The van der Waals surface area contributed by atoms with Gasteiger partial charge in [0.25, 0.3) is 23.6 Å². The first kappa shape index (κ1) is 40.1. The molecule has 2 aliphatic heterocycles. The minimum absolute atomic E-state index is 0.0181. The van der Waals surface area contributed by atoms with Crippen LogP contribution in [-0.4, -0.2) is 122 Å². The zero-order chi connectivity index (χ0) is 35.2. The Bertz CT molecular complexity index is 1100. The summed E-state index contributed by atoms with van der Waals surface area (Å²) in [5, 5.41) is 13.0. The predicted molar refractivity (Wildman–Crippen MR) is 167 cm³/mol. The highest BCUT2D eigenvalue weighted by atomic mass is 16.5. The highest BCUT2D eigenvalue weighted by molar-refractivity contribution is 6.13. The van der Waals surface area contributed by atoms with Crippen LogP contribution in [0, 0.1) is 5.92 Å². The number of hydrogen-bond acceptors (Lipinski definition) is 10. The summed E-state index contributed by atoms with van der Waals surface area (Å²) in [6, 6.07) is 0. The second-order valence-corrected chi connectivity index (χ2v) is 10.4. The van der Waals surface area contributed by atoms with Crippen LogP contribution in [0.5, 0.6) is 0 Å². The monoisotopic (exact) mass is 663 g/mol. The molecule has 0 aromatic rings. The van der Waals surface area contributed by atoms with E-state index in [1.165, 1.54) is 0 Å². The van der Waals surface area contributed by atoms with Crippen LogP contribution in [0.15, 0.2) is 24.3 Å². The largest absolute Gasteiger partial charge is 0.381 e. The number of carbonyl (C=O) groups excluding carboxylic acids is 9. The zero-order valence-corrected chi connectivity index (χ0v) is 27.1. The maximum absolute atomic E-state index is 12.0. The quantitative estimate of drug-likeness (QED) is 0.0688. The third-order valence-electron chi connectivity index (χ3n) is 6.49. The van der Waals surface area contributed by atoms with Gasteiger partial charge in [-0.05, 0) is 12.8 Å². The summed E-state index contributed by atoms with van der Waals surface area (Å²) < 4.78 is 4.95. The number of carbonyl (C=O) groups is 9. The molecule has 0 bridgehead atoms. The molecule has 0 aromatic heterocycles. The second-order valence-electron chi connectivity index (χ2n) is 10.4. The lowest BCUT2D eigenvalue weighted by atomic mass is 10.0. The van der Waals surface area contributed by atoms with Crippen LogP contribution in [0.3, 0.4) is 0 Å². The summed E-state index contributed by atoms with van der Waals surface area (Å²) in [7, 11) is 1.62. The van der Waals surface area contributed by atoms with E-state index in [-0.39, 0.29) is 100 Å². The highest BCUT2D eigenvalue weighted by Gasteiger charge is 2.24. The lowest BCUT2D eigenvalue weighted by Crippen LogP contribution is -2.38. The van der Waals surface area contributed by atoms with E-state index in [4.69, 9.17) is 4.74 Å². The molecule has 2 aliphatic rings. The van der Waals surface area contributed by atoms with Crippen LogP contribution >= 0.6 is 0 Å². The first-order chi connectivity index (χ1) is 22.4. The van der Waals surface area contributed by atoms with E-state index in [2.05, 4.69) is 26.6 Å². The fourth-order valence-electron chi connectivity index (χ4n) is 4.00. The summed E-state index contributed by atoms with van der Waals surface area (Å²) in [6.07, 6.45) is 5.18. The molecule has 0 aromatic carbocycles. The molecule has 5 N–H and O–H groups in total. The van der Waals surface area contributed by atoms with Gasteiger partial charge in [-0.1, -0.05) is 6.92 Å². The molecule has 0 saturated heterocycles. The molecular formula is C30H45N7O10. The first-order valence-corrected chi connectivity index (χ1v) is 15.3. The van der Waals surface area contributed by atoms with E-state index in [0.29, 0.717) is 19.6 Å². The van der Waals surface area contributed by atoms with Crippen molar-refractivity contribution >= 4 is 53.2 Å². The maximum Gasteiger partial charge on any atom is 0.253 e. The number of hydrogen-bond donors (Lipinski definition) is 5. The van der Waals surface area contributed by atoms with Crippen molar-refractivity contribution in [3.63, 3.8) is 0 Å². The van der Waals surface area contributed by atoms with Gasteiger partial charge in [-0.25, -0.2) is 0 Å². The van der Waals surface area contributed by atoms with Crippen molar-refractivity contribution in [3.05, 3.63) is 24.3 Å². The van der Waals surface area contributed by atoms with E-state index in [1.54, 1.807) is 14.0 Å². The number of nitrogens with zero attached hydrogens (tertiary/aromatic N) is 2. The SMILES string of the molecule is CC(CC(=O)NCCNC(=O)CCN1C(=O)C=CC1=O)CC(=O)NCCNC(=O)CCN1C(=O)C=CC1=O.CCOCCC(=O)NC. The van der Waals surface area contributed by atoms with Gasteiger partial charge in [0.15, 0.2) is 0 Å². The van der Waals surface area contributed by atoms with Gasteiger partial charge in [0.05, 0.1) is 6.61 Å². The van der Waals surface area contributed by atoms with Crippen molar-refractivity contribution in [2.24, 2.45) is 5.92 Å². The van der Waals surface area contributed by atoms with Crippen molar-refractivity contribution in [3.8, 4) is 0 Å². The van der Waals surface area contributed by atoms with Crippen molar-refractivity contribution in [2.75, 3.05) is 59.5 Å². The molecule has 2 rings (SSSR count). The summed E-state index contributed by atoms with van der Waals surface area (Å²) >= 11 is 0. The van der Waals surface area contributed by atoms with Crippen LogP contribution in [-0.2, 0) is 47.9 Å². The third-order valence-corrected chi connectivity index (χ3v) is 6.49. The van der Waals surface area contributed by atoms with Gasteiger partial charge in [-0.15, -0.1) is 0 Å². The maximum atomic E-state index is 12.0. The molecule has 0 radical (unpaired) electrons. The average molecular weight is 664 g/mol. The van der Waals surface area contributed by atoms with Crippen LogP contribution < -0.4 is 26.6 Å². The first-order valence-electron chi connectivity index (χ1n) is 15.3. The van der Waals surface area contributed by atoms with Gasteiger partial charge in [0.1, 0.15) is 0 Å². The second kappa shape index (κ2) is 22.6. The number of ether oxygens (including phenoxy) is 1. The predicted octanol–water partition coefficient (Wildman–Crippen LogP) is -2.34. The summed E-state index contributed by atoms with van der Waals surface area (Å²) in [5.74, 6) is -3.31. The van der Waals surface area contributed by atoms with Crippen LogP contribution in [0.4, 0.5) is 0 Å². The van der Waals surface area contributed by atoms with E-state index < -0.39 is 23.6 Å².